The highest BCUT2D eigenvalue weighted by Crippen LogP contribution is 2.43. The maximum Gasteiger partial charge on any atom is 0.158 e. The molecule has 0 aromatic carbocycles. The maximum atomic E-state index is 10.6. The molecule has 0 bridgehead atoms. The molecule has 3 rings (SSSR count). The van der Waals surface area contributed by atoms with Crippen LogP contribution in [0.3, 0.4) is 0 Å². The summed E-state index contributed by atoms with van der Waals surface area (Å²) < 4.78 is 11.3. The lowest BCUT2D eigenvalue weighted by Crippen LogP contribution is -2.30. The Hall–Kier alpha value is -0.120. The first-order valence-corrected chi connectivity index (χ1v) is 12.1. The van der Waals surface area contributed by atoms with Crippen molar-refractivity contribution in [3.8, 4) is 0 Å². The average Bonchev–Trinajstić information content (AvgIpc) is 3.12. The highest BCUT2D eigenvalue weighted by Gasteiger charge is 2.33. The molecule has 0 amide bonds. The molecule has 27 heavy (non-hydrogen) atoms. The van der Waals surface area contributed by atoms with Crippen LogP contribution in [0.1, 0.15) is 104 Å². The number of unbranched alkanes of at least 4 members (excludes halogenated alkanes) is 2. The second-order valence-electron chi connectivity index (χ2n) is 9.81. The average molecular weight is 381 g/mol. The van der Waals surface area contributed by atoms with Crippen molar-refractivity contribution in [2.24, 2.45) is 23.7 Å². The van der Waals surface area contributed by atoms with Crippen molar-refractivity contribution in [3.63, 3.8) is 0 Å². The SMILES string of the molecule is CCCCCC1CCC(C2CCC(C(O)CCC3OCC(C)O3)CC2)CC1. The van der Waals surface area contributed by atoms with E-state index in [9.17, 15) is 5.11 Å². The van der Waals surface area contributed by atoms with Gasteiger partial charge in [0.25, 0.3) is 0 Å². The summed E-state index contributed by atoms with van der Waals surface area (Å²) in [6.07, 6.45) is 18.4. The lowest BCUT2D eigenvalue weighted by Gasteiger charge is -2.39. The third kappa shape index (κ3) is 6.72. The zero-order valence-corrected chi connectivity index (χ0v) is 17.9. The van der Waals surface area contributed by atoms with Crippen molar-refractivity contribution in [1.82, 2.24) is 0 Å². The van der Waals surface area contributed by atoms with Crippen molar-refractivity contribution in [2.75, 3.05) is 6.61 Å². The van der Waals surface area contributed by atoms with E-state index >= 15 is 0 Å². The van der Waals surface area contributed by atoms with Gasteiger partial charge < -0.3 is 14.6 Å². The molecule has 1 heterocycles. The summed E-state index contributed by atoms with van der Waals surface area (Å²) >= 11 is 0. The number of aliphatic hydroxyl groups is 1. The first kappa shape index (κ1) is 21.6. The van der Waals surface area contributed by atoms with Crippen LogP contribution in [0, 0.1) is 23.7 Å². The topological polar surface area (TPSA) is 38.7 Å². The number of hydrogen-bond donors (Lipinski definition) is 1. The van der Waals surface area contributed by atoms with Gasteiger partial charge in [0, 0.05) is 6.42 Å². The highest BCUT2D eigenvalue weighted by atomic mass is 16.7. The van der Waals surface area contributed by atoms with E-state index in [1.807, 2.05) is 0 Å². The van der Waals surface area contributed by atoms with Gasteiger partial charge in [-0.15, -0.1) is 0 Å². The van der Waals surface area contributed by atoms with E-state index in [1.54, 1.807) is 0 Å². The Kier molecular flexibility index (Phi) is 8.93. The van der Waals surface area contributed by atoms with Crippen molar-refractivity contribution in [3.05, 3.63) is 0 Å². The van der Waals surface area contributed by atoms with Gasteiger partial charge in [-0.2, -0.15) is 0 Å². The Morgan fingerprint density at radius 3 is 2.15 bits per heavy atom. The van der Waals surface area contributed by atoms with Crippen LogP contribution in [-0.4, -0.2) is 30.2 Å². The molecule has 3 nitrogen and oxygen atoms in total. The van der Waals surface area contributed by atoms with E-state index in [4.69, 9.17) is 9.47 Å². The molecular formula is C24H44O3. The fourth-order valence-electron chi connectivity index (χ4n) is 5.91. The Bertz CT molecular complexity index is 396. The van der Waals surface area contributed by atoms with Crippen LogP contribution in [0.4, 0.5) is 0 Å². The van der Waals surface area contributed by atoms with E-state index in [0.29, 0.717) is 12.5 Å². The first-order valence-electron chi connectivity index (χ1n) is 12.1. The monoisotopic (exact) mass is 380 g/mol. The summed E-state index contributed by atoms with van der Waals surface area (Å²) in [7, 11) is 0. The number of ether oxygens (including phenoxy) is 2. The van der Waals surface area contributed by atoms with Crippen molar-refractivity contribution < 1.29 is 14.6 Å². The van der Waals surface area contributed by atoms with Crippen LogP contribution < -0.4 is 0 Å². The molecule has 1 saturated heterocycles. The standard InChI is InChI=1S/C24H44O3/c1-3-4-5-6-19-7-9-20(10-8-19)21-11-13-22(14-12-21)23(25)15-16-24-26-17-18(2)27-24/h18-25H,3-17H2,1-2H3. The molecule has 3 atom stereocenters. The van der Waals surface area contributed by atoms with E-state index in [1.165, 1.54) is 77.0 Å². The third-order valence-electron chi connectivity index (χ3n) is 7.73. The Labute approximate surface area is 167 Å². The fourth-order valence-corrected chi connectivity index (χ4v) is 5.91. The summed E-state index contributed by atoms with van der Waals surface area (Å²) in [6, 6.07) is 0. The maximum absolute atomic E-state index is 10.6. The second kappa shape index (κ2) is 11.2. The minimum atomic E-state index is -0.164. The largest absolute Gasteiger partial charge is 0.393 e. The Balaban J connectivity index is 1.29. The predicted octanol–water partition coefficient (Wildman–Crippen LogP) is 6.08. The molecule has 2 saturated carbocycles. The molecule has 1 N–H and O–H groups in total. The molecule has 3 heteroatoms. The van der Waals surface area contributed by atoms with Crippen molar-refractivity contribution >= 4 is 0 Å². The van der Waals surface area contributed by atoms with Crippen LogP contribution in [0.5, 0.6) is 0 Å². The van der Waals surface area contributed by atoms with Gasteiger partial charge in [0.05, 0.1) is 18.8 Å². The van der Waals surface area contributed by atoms with E-state index in [-0.39, 0.29) is 18.5 Å². The Morgan fingerprint density at radius 1 is 0.889 bits per heavy atom. The van der Waals surface area contributed by atoms with Crippen LogP contribution in [0.25, 0.3) is 0 Å². The van der Waals surface area contributed by atoms with Crippen LogP contribution >= 0.6 is 0 Å². The van der Waals surface area contributed by atoms with Gasteiger partial charge in [-0.1, -0.05) is 45.4 Å². The molecule has 158 valence electrons. The minimum Gasteiger partial charge on any atom is -0.393 e. The van der Waals surface area contributed by atoms with Crippen molar-refractivity contribution in [1.29, 1.82) is 0 Å². The molecule has 3 unspecified atom stereocenters. The molecule has 0 spiro atoms. The second-order valence-corrected chi connectivity index (χ2v) is 9.81. The van der Waals surface area contributed by atoms with Gasteiger partial charge in [0.2, 0.25) is 0 Å². The van der Waals surface area contributed by atoms with Gasteiger partial charge in [-0.3, -0.25) is 0 Å². The van der Waals surface area contributed by atoms with Crippen LogP contribution in [0.15, 0.2) is 0 Å². The molecule has 2 aliphatic carbocycles. The summed E-state index contributed by atoms with van der Waals surface area (Å²) in [4.78, 5) is 0. The molecule has 0 aromatic heterocycles. The Morgan fingerprint density at radius 2 is 1.56 bits per heavy atom. The minimum absolute atomic E-state index is 0.0847. The fraction of sp³-hybridized carbons (Fsp3) is 1.00. The highest BCUT2D eigenvalue weighted by molar-refractivity contribution is 4.84. The van der Waals surface area contributed by atoms with E-state index in [2.05, 4.69) is 13.8 Å². The summed E-state index contributed by atoms with van der Waals surface area (Å²) in [5, 5.41) is 10.6. The van der Waals surface area contributed by atoms with Gasteiger partial charge in [0.15, 0.2) is 6.29 Å². The van der Waals surface area contributed by atoms with Crippen molar-refractivity contribution in [2.45, 2.75) is 122 Å². The number of hydrogen-bond acceptors (Lipinski definition) is 3. The smallest absolute Gasteiger partial charge is 0.158 e. The van der Waals surface area contributed by atoms with Crippen LogP contribution in [-0.2, 0) is 9.47 Å². The zero-order chi connectivity index (χ0) is 19.1. The van der Waals surface area contributed by atoms with E-state index in [0.717, 1.165) is 30.6 Å². The normalized spacial score (nSPS) is 38.8. The summed E-state index contributed by atoms with van der Waals surface area (Å²) in [6.45, 7) is 5.06. The third-order valence-corrected chi connectivity index (χ3v) is 7.73. The summed E-state index contributed by atoms with van der Waals surface area (Å²) in [5.74, 6) is 3.44. The molecule has 0 radical (unpaired) electrons. The zero-order valence-electron chi connectivity index (χ0n) is 17.9. The number of rotatable bonds is 9. The molecule has 1 aliphatic heterocycles. The first-order chi connectivity index (χ1) is 13.2. The van der Waals surface area contributed by atoms with Gasteiger partial charge in [0.1, 0.15) is 0 Å². The van der Waals surface area contributed by atoms with Gasteiger partial charge in [-0.05, 0) is 75.5 Å². The molecular weight excluding hydrogens is 336 g/mol. The molecule has 3 aliphatic rings. The quantitative estimate of drug-likeness (QED) is 0.492. The predicted molar refractivity (Wildman–Crippen MR) is 111 cm³/mol. The molecule has 3 fully saturated rings. The number of aliphatic hydroxyl groups excluding tert-OH is 1. The molecule has 0 aromatic rings. The lowest BCUT2D eigenvalue weighted by atomic mass is 9.68. The van der Waals surface area contributed by atoms with Crippen LogP contribution in [0.2, 0.25) is 0 Å². The van der Waals surface area contributed by atoms with Gasteiger partial charge >= 0.3 is 0 Å². The lowest BCUT2D eigenvalue weighted by molar-refractivity contribution is -0.0699. The van der Waals surface area contributed by atoms with Gasteiger partial charge in [-0.25, -0.2) is 0 Å². The van der Waals surface area contributed by atoms with E-state index < -0.39 is 0 Å². The summed E-state index contributed by atoms with van der Waals surface area (Å²) in [5.41, 5.74) is 0.